The van der Waals surface area contributed by atoms with Gasteiger partial charge in [-0.2, -0.15) is 0 Å². The monoisotopic (exact) mass is 418 g/mol. The number of anilines is 1. The first-order valence-corrected chi connectivity index (χ1v) is 10.5. The zero-order chi connectivity index (χ0) is 21.2. The second-order valence-corrected chi connectivity index (χ2v) is 8.18. The van der Waals surface area contributed by atoms with Crippen LogP contribution in [-0.4, -0.2) is 28.9 Å². The normalized spacial score (nSPS) is 11.9. The van der Waals surface area contributed by atoms with E-state index >= 15 is 0 Å². The summed E-state index contributed by atoms with van der Waals surface area (Å²) >= 11 is 1.25. The average Bonchev–Trinajstić information content (AvgIpc) is 2.70. The van der Waals surface area contributed by atoms with Gasteiger partial charge < -0.3 is 15.4 Å². The van der Waals surface area contributed by atoms with Crippen LogP contribution in [0, 0.1) is 5.82 Å². The molecule has 0 aliphatic carbocycles. The molecule has 0 aliphatic rings. The molecule has 29 heavy (non-hydrogen) atoms. The zero-order valence-electron chi connectivity index (χ0n) is 16.9. The maximum absolute atomic E-state index is 12.9. The molecule has 156 valence electrons. The third-order valence-electron chi connectivity index (χ3n) is 4.11. The van der Waals surface area contributed by atoms with E-state index in [2.05, 4.69) is 10.6 Å². The Hall–Kier alpha value is -2.38. The van der Waals surface area contributed by atoms with Crippen LogP contribution >= 0.6 is 11.8 Å². The molecule has 0 aliphatic heterocycles. The van der Waals surface area contributed by atoms with Crippen molar-refractivity contribution < 1.29 is 18.7 Å². The first-order chi connectivity index (χ1) is 13.8. The standard InChI is InChI=1S/C22H27FN2O3S/c1-15(2)28-13-18-7-5-4-6-17(18)12-24-22(27)16(3)29-14-21(26)25-20-10-8-19(23)9-11-20/h4-11,15-16H,12-14H2,1-3H3,(H,24,27)(H,25,26). The molecule has 0 saturated carbocycles. The summed E-state index contributed by atoms with van der Waals surface area (Å²) in [6.07, 6.45) is 0.134. The van der Waals surface area contributed by atoms with Crippen LogP contribution in [0.3, 0.4) is 0 Å². The molecule has 2 aromatic carbocycles. The molecule has 0 aromatic heterocycles. The Labute approximate surface area is 175 Å². The predicted octanol–water partition coefficient (Wildman–Crippen LogP) is 4.13. The number of ether oxygens (including phenoxy) is 1. The van der Waals surface area contributed by atoms with Gasteiger partial charge in [0.2, 0.25) is 11.8 Å². The third kappa shape index (κ3) is 8.25. The number of hydrogen-bond acceptors (Lipinski definition) is 4. The Morgan fingerprint density at radius 1 is 1.03 bits per heavy atom. The second-order valence-electron chi connectivity index (χ2n) is 6.85. The Morgan fingerprint density at radius 3 is 2.34 bits per heavy atom. The molecular formula is C22H27FN2O3S. The van der Waals surface area contributed by atoms with Crippen molar-refractivity contribution in [2.24, 2.45) is 0 Å². The van der Waals surface area contributed by atoms with Gasteiger partial charge in [0.05, 0.1) is 23.7 Å². The smallest absolute Gasteiger partial charge is 0.234 e. The lowest BCUT2D eigenvalue weighted by atomic mass is 10.1. The van der Waals surface area contributed by atoms with Crippen LogP contribution in [0.4, 0.5) is 10.1 Å². The van der Waals surface area contributed by atoms with Gasteiger partial charge in [0.25, 0.3) is 0 Å². The molecule has 7 heteroatoms. The van der Waals surface area contributed by atoms with E-state index in [1.54, 1.807) is 6.92 Å². The van der Waals surface area contributed by atoms with Gasteiger partial charge >= 0.3 is 0 Å². The largest absolute Gasteiger partial charge is 0.374 e. The summed E-state index contributed by atoms with van der Waals surface area (Å²) in [5.74, 6) is -0.605. The quantitative estimate of drug-likeness (QED) is 0.609. The van der Waals surface area contributed by atoms with E-state index in [1.807, 2.05) is 38.1 Å². The maximum Gasteiger partial charge on any atom is 0.234 e. The van der Waals surface area contributed by atoms with Crippen molar-refractivity contribution in [1.82, 2.24) is 5.32 Å². The van der Waals surface area contributed by atoms with Crippen molar-refractivity contribution >= 4 is 29.3 Å². The van der Waals surface area contributed by atoms with E-state index in [0.717, 1.165) is 11.1 Å². The summed E-state index contributed by atoms with van der Waals surface area (Å²) in [6, 6.07) is 13.4. The van der Waals surface area contributed by atoms with Crippen molar-refractivity contribution in [2.75, 3.05) is 11.1 Å². The van der Waals surface area contributed by atoms with E-state index in [-0.39, 0.29) is 34.7 Å². The number of carbonyl (C=O) groups is 2. The molecule has 0 fully saturated rings. The van der Waals surface area contributed by atoms with Crippen LogP contribution in [0.1, 0.15) is 31.9 Å². The number of benzene rings is 2. The third-order valence-corrected chi connectivity index (χ3v) is 5.25. The molecule has 2 N–H and O–H groups in total. The first-order valence-electron chi connectivity index (χ1n) is 9.48. The summed E-state index contributed by atoms with van der Waals surface area (Å²) in [5, 5.41) is 5.22. The molecule has 2 amide bonds. The summed E-state index contributed by atoms with van der Waals surface area (Å²) in [7, 11) is 0. The second kappa shape index (κ2) is 11.6. The highest BCUT2D eigenvalue weighted by Crippen LogP contribution is 2.15. The number of nitrogens with one attached hydrogen (secondary N) is 2. The van der Waals surface area contributed by atoms with E-state index in [1.165, 1.54) is 36.0 Å². The van der Waals surface area contributed by atoms with Crippen LogP contribution in [0.25, 0.3) is 0 Å². The van der Waals surface area contributed by atoms with Crippen molar-refractivity contribution in [3.8, 4) is 0 Å². The van der Waals surface area contributed by atoms with Gasteiger partial charge in [-0.1, -0.05) is 24.3 Å². The van der Waals surface area contributed by atoms with Crippen molar-refractivity contribution in [2.45, 2.75) is 45.3 Å². The number of thioether (sulfide) groups is 1. The molecular weight excluding hydrogens is 391 g/mol. The van der Waals surface area contributed by atoms with E-state index in [4.69, 9.17) is 4.74 Å². The van der Waals surface area contributed by atoms with Crippen LogP contribution < -0.4 is 10.6 Å². The van der Waals surface area contributed by atoms with Crippen LogP contribution in [0.2, 0.25) is 0 Å². The van der Waals surface area contributed by atoms with Crippen molar-refractivity contribution in [1.29, 1.82) is 0 Å². The van der Waals surface area contributed by atoms with Gasteiger partial charge in [-0.05, 0) is 56.2 Å². The van der Waals surface area contributed by atoms with Gasteiger partial charge in [0.1, 0.15) is 5.82 Å². The molecule has 0 heterocycles. The Morgan fingerprint density at radius 2 is 1.69 bits per heavy atom. The van der Waals surface area contributed by atoms with Crippen molar-refractivity contribution in [3.05, 3.63) is 65.5 Å². The lowest BCUT2D eigenvalue weighted by Gasteiger charge is -2.15. The highest BCUT2D eigenvalue weighted by Gasteiger charge is 2.16. The van der Waals surface area contributed by atoms with Gasteiger partial charge in [-0.3, -0.25) is 9.59 Å². The molecule has 0 saturated heterocycles. The maximum atomic E-state index is 12.9. The fourth-order valence-corrected chi connectivity index (χ4v) is 3.17. The van der Waals surface area contributed by atoms with Crippen LogP contribution in [0.15, 0.2) is 48.5 Å². The Balaban J connectivity index is 1.77. The van der Waals surface area contributed by atoms with E-state index in [0.29, 0.717) is 18.8 Å². The average molecular weight is 419 g/mol. The molecule has 1 unspecified atom stereocenters. The van der Waals surface area contributed by atoms with Crippen LogP contribution in [0.5, 0.6) is 0 Å². The lowest BCUT2D eigenvalue weighted by molar-refractivity contribution is -0.120. The fourth-order valence-electron chi connectivity index (χ4n) is 2.46. The molecule has 0 bridgehead atoms. The number of halogens is 1. The zero-order valence-corrected chi connectivity index (χ0v) is 17.7. The summed E-state index contributed by atoms with van der Waals surface area (Å²) in [6.45, 7) is 6.63. The number of hydrogen-bond donors (Lipinski definition) is 2. The number of carbonyl (C=O) groups excluding carboxylic acids is 2. The number of rotatable bonds is 10. The number of amides is 2. The minimum absolute atomic E-state index is 0.130. The minimum atomic E-state index is -0.381. The van der Waals surface area contributed by atoms with E-state index in [9.17, 15) is 14.0 Å². The van der Waals surface area contributed by atoms with Crippen molar-refractivity contribution in [3.63, 3.8) is 0 Å². The van der Waals surface area contributed by atoms with Gasteiger partial charge in [0.15, 0.2) is 0 Å². The Kier molecular flexibility index (Phi) is 9.15. The highest BCUT2D eigenvalue weighted by molar-refractivity contribution is 8.01. The van der Waals surface area contributed by atoms with Gasteiger partial charge in [-0.25, -0.2) is 4.39 Å². The molecule has 0 radical (unpaired) electrons. The van der Waals surface area contributed by atoms with Gasteiger partial charge in [0, 0.05) is 12.2 Å². The fraction of sp³-hybridized carbons (Fsp3) is 0.364. The first kappa shape index (κ1) is 22.9. The molecule has 2 aromatic rings. The van der Waals surface area contributed by atoms with E-state index < -0.39 is 0 Å². The molecule has 2 rings (SSSR count). The lowest BCUT2D eigenvalue weighted by Crippen LogP contribution is -2.31. The van der Waals surface area contributed by atoms with Crippen LogP contribution in [-0.2, 0) is 27.5 Å². The summed E-state index contributed by atoms with van der Waals surface area (Å²) in [5.41, 5.74) is 2.57. The Bertz CT molecular complexity index is 812. The summed E-state index contributed by atoms with van der Waals surface area (Å²) in [4.78, 5) is 24.4. The van der Waals surface area contributed by atoms with Gasteiger partial charge in [-0.15, -0.1) is 11.8 Å². The molecule has 5 nitrogen and oxygen atoms in total. The molecule has 1 atom stereocenters. The highest BCUT2D eigenvalue weighted by atomic mass is 32.2. The summed E-state index contributed by atoms with van der Waals surface area (Å²) < 4.78 is 18.6. The minimum Gasteiger partial charge on any atom is -0.374 e. The topological polar surface area (TPSA) is 67.4 Å². The molecule has 0 spiro atoms. The predicted molar refractivity (Wildman–Crippen MR) is 115 cm³/mol. The SMILES string of the molecule is CC(C)OCc1ccccc1CNC(=O)C(C)SCC(=O)Nc1ccc(F)cc1.